The van der Waals surface area contributed by atoms with Crippen molar-refractivity contribution in [3.8, 4) is 5.69 Å². The van der Waals surface area contributed by atoms with Crippen LogP contribution in [0.5, 0.6) is 0 Å². The quantitative estimate of drug-likeness (QED) is 0.891. The molecule has 1 amide bonds. The van der Waals surface area contributed by atoms with Gasteiger partial charge in [0.05, 0.1) is 17.8 Å². The zero-order chi connectivity index (χ0) is 14.7. The van der Waals surface area contributed by atoms with Crippen molar-refractivity contribution in [3.63, 3.8) is 0 Å². The molecule has 1 heterocycles. The number of carbonyl (C=O) groups is 1. The van der Waals surface area contributed by atoms with Gasteiger partial charge in [-0.2, -0.15) is 5.10 Å². The molecule has 0 radical (unpaired) electrons. The highest BCUT2D eigenvalue weighted by Crippen LogP contribution is 2.19. The first-order chi connectivity index (χ1) is 10.2. The third-order valence-corrected chi connectivity index (χ3v) is 3.86. The van der Waals surface area contributed by atoms with Crippen molar-refractivity contribution >= 4 is 5.91 Å². The number of nitrogens with zero attached hydrogens (tertiary/aromatic N) is 3. The minimum Gasteiger partial charge on any atom is -0.391 e. The molecule has 2 atom stereocenters. The van der Waals surface area contributed by atoms with Gasteiger partial charge in [0.2, 0.25) is 0 Å². The van der Waals surface area contributed by atoms with Crippen molar-refractivity contribution in [3.05, 3.63) is 42.5 Å². The molecular formula is C15H18N4O2. The molecule has 1 aromatic carbocycles. The molecule has 1 aromatic heterocycles. The lowest BCUT2D eigenvalue weighted by atomic mass is 9.92. The topological polar surface area (TPSA) is 80.0 Å². The van der Waals surface area contributed by atoms with Crippen LogP contribution in [0, 0.1) is 0 Å². The van der Waals surface area contributed by atoms with Gasteiger partial charge in [-0.3, -0.25) is 4.79 Å². The highest BCUT2D eigenvalue weighted by atomic mass is 16.3. The zero-order valence-corrected chi connectivity index (χ0v) is 11.6. The number of nitrogens with one attached hydrogen (secondary N) is 1. The Morgan fingerprint density at radius 3 is 2.67 bits per heavy atom. The third kappa shape index (κ3) is 3.11. The molecule has 2 aromatic rings. The molecule has 0 aliphatic heterocycles. The van der Waals surface area contributed by atoms with E-state index in [-0.39, 0.29) is 11.9 Å². The molecule has 1 aliphatic rings. The fourth-order valence-corrected chi connectivity index (χ4v) is 2.64. The summed E-state index contributed by atoms with van der Waals surface area (Å²) in [6.45, 7) is 0. The average Bonchev–Trinajstić information content (AvgIpc) is 3.04. The van der Waals surface area contributed by atoms with Crippen LogP contribution < -0.4 is 5.32 Å². The van der Waals surface area contributed by atoms with Gasteiger partial charge in [-0.1, -0.05) is 12.8 Å². The standard InChI is InChI=1S/C15H18N4O2/c20-14-4-2-1-3-13(14)18-15(21)11-5-7-12(8-6-11)19-10-16-9-17-19/h5-10,13-14,20H,1-4H2,(H,18,21). The monoisotopic (exact) mass is 286 g/mol. The van der Waals surface area contributed by atoms with E-state index in [1.807, 2.05) is 12.1 Å². The Morgan fingerprint density at radius 2 is 2.00 bits per heavy atom. The van der Waals surface area contributed by atoms with Gasteiger partial charge < -0.3 is 10.4 Å². The maximum absolute atomic E-state index is 12.2. The highest BCUT2D eigenvalue weighted by Gasteiger charge is 2.24. The van der Waals surface area contributed by atoms with Gasteiger partial charge in [0.1, 0.15) is 12.7 Å². The fourth-order valence-electron chi connectivity index (χ4n) is 2.64. The van der Waals surface area contributed by atoms with Crippen molar-refractivity contribution in [2.75, 3.05) is 0 Å². The molecule has 21 heavy (non-hydrogen) atoms. The zero-order valence-electron chi connectivity index (χ0n) is 11.6. The summed E-state index contributed by atoms with van der Waals surface area (Å²) in [5.74, 6) is -0.147. The summed E-state index contributed by atoms with van der Waals surface area (Å²) in [4.78, 5) is 16.1. The van der Waals surface area contributed by atoms with E-state index in [0.29, 0.717) is 5.56 Å². The molecule has 2 unspecified atom stereocenters. The molecular weight excluding hydrogens is 268 g/mol. The molecule has 0 spiro atoms. The number of hydrogen-bond acceptors (Lipinski definition) is 4. The fraction of sp³-hybridized carbons (Fsp3) is 0.400. The number of carbonyl (C=O) groups excluding carboxylic acids is 1. The molecule has 0 bridgehead atoms. The number of aliphatic hydroxyl groups is 1. The van der Waals surface area contributed by atoms with E-state index >= 15 is 0 Å². The van der Waals surface area contributed by atoms with Crippen LogP contribution in [0.1, 0.15) is 36.0 Å². The Morgan fingerprint density at radius 1 is 1.24 bits per heavy atom. The second-order valence-electron chi connectivity index (χ2n) is 5.32. The van der Waals surface area contributed by atoms with E-state index in [0.717, 1.165) is 31.4 Å². The van der Waals surface area contributed by atoms with Crippen LogP contribution in [0.4, 0.5) is 0 Å². The summed E-state index contributed by atoms with van der Waals surface area (Å²) in [6, 6.07) is 7.01. The summed E-state index contributed by atoms with van der Waals surface area (Å²) < 4.78 is 1.63. The van der Waals surface area contributed by atoms with Crippen LogP contribution in [0.15, 0.2) is 36.9 Å². The molecule has 1 fully saturated rings. The first kappa shape index (κ1) is 13.8. The molecule has 0 saturated heterocycles. The normalized spacial score (nSPS) is 22.0. The Hall–Kier alpha value is -2.21. The van der Waals surface area contributed by atoms with E-state index in [1.165, 1.54) is 6.33 Å². The van der Waals surface area contributed by atoms with Crippen LogP contribution in [-0.4, -0.2) is 37.9 Å². The van der Waals surface area contributed by atoms with Crippen LogP contribution in [-0.2, 0) is 0 Å². The van der Waals surface area contributed by atoms with Crippen molar-refractivity contribution < 1.29 is 9.90 Å². The van der Waals surface area contributed by atoms with Gasteiger partial charge in [0, 0.05) is 5.56 Å². The number of hydrogen-bond donors (Lipinski definition) is 2. The number of rotatable bonds is 3. The summed E-state index contributed by atoms with van der Waals surface area (Å²) in [6.07, 6.45) is 6.31. The van der Waals surface area contributed by atoms with Crippen molar-refractivity contribution in [1.29, 1.82) is 0 Å². The summed E-state index contributed by atoms with van der Waals surface area (Å²) in [5, 5.41) is 16.9. The highest BCUT2D eigenvalue weighted by molar-refractivity contribution is 5.94. The second kappa shape index (κ2) is 6.05. The molecule has 2 N–H and O–H groups in total. The van der Waals surface area contributed by atoms with Crippen LogP contribution in [0.3, 0.4) is 0 Å². The van der Waals surface area contributed by atoms with Crippen molar-refractivity contribution in [2.24, 2.45) is 0 Å². The largest absolute Gasteiger partial charge is 0.391 e. The van der Waals surface area contributed by atoms with Crippen molar-refractivity contribution in [2.45, 2.75) is 37.8 Å². The van der Waals surface area contributed by atoms with Crippen LogP contribution >= 0.6 is 0 Å². The number of aromatic nitrogens is 3. The predicted octanol–water partition coefficient (Wildman–Crippen LogP) is 1.30. The molecule has 6 nitrogen and oxygen atoms in total. The van der Waals surface area contributed by atoms with E-state index in [4.69, 9.17) is 0 Å². The van der Waals surface area contributed by atoms with E-state index in [9.17, 15) is 9.90 Å². The molecule has 3 rings (SSSR count). The van der Waals surface area contributed by atoms with E-state index in [1.54, 1.807) is 23.1 Å². The van der Waals surface area contributed by atoms with Gasteiger partial charge in [-0.05, 0) is 37.1 Å². The maximum Gasteiger partial charge on any atom is 0.251 e. The average molecular weight is 286 g/mol. The molecule has 6 heteroatoms. The summed E-state index contributed by atoms with van der Waals surface area (Å²) in [7, 11) is 0. The van der Waals surface area contributed by atoms with Gasteiger partial charge in [-0.25, -0.2) is 9.67 Å². The Labute approximate surface area is 122 Å². The number of amides is 1. The minimum atomic E-state index is -0.433. The summed E-state index contributed by atoms with van der Waals surface area (Å²) >= 11 is 0. The lowest BCUT2D eigenvalue weighted by molar-refractivity contribution is 0.0717. The third-order valence-electron chi connectivity index (χ3n) is 3.86. The molecule has 1 aliphatic carbocycles. The predicted molar refractivity (Wildman–Crippen MR) is 77.1 cm³/mol. The maximum atomic E-state index is 12.2. The van der Waals surface area contributed by atoms with Crippen LogP contribution in [0.2, 0.25) is 0 Å². The lowest BCUT2D eigenvalue weighted by Crippen LogP contribution is -2.45. The second-order valence-corrected chi connectivity index (χ2v) is 5.32. The smallest absolute Gasteiger partial charge is 0.251 e. The first-order valence-corrected chi connectivity index (χ1v) is 7.18. The summed E-state index contributed by atoms with van der Waals surface area (Å²) in [5.41, 5.74) is 1.43. The lowest BCUT2D eigenvalue weighted by Gasteiger charge is -2.28. The SMILES string of the molecule is O=C(NC1CCCCC1O)c1ccc(-n2cncn2)cc1. The first-order valence-electron chi connectivity index (χ1n) is 7.18. The Bertz CT molecular complexity index is 595. The van der Waals surface area contributed by atoms with Gasteiger partial charge >= 0.3 is 0 Å². The number of aliphatic hydroxyl groups excluding tert-OH is 1. The minimum absolute atomic E-state index is 0.138. The van der Waals surface area contributed by atoms with Gasteiger partial charge in [0.25, 0.3) is 5.91 Å². The van der Waals surface area contributed by atoms with Gasteiger partial charge in [-0.15, -0.1) is 0 Å². The Kier molecular flexibility index (Phi) is 3.96. The molecule has 1 saturated carbocycles. The van der Waals surface area contributed by atoms with Crippen molar-refractivity contribution in [1.82, 2.24) is 20.1 Å². The van der Waals surface area contributed by atoms with Crippen LogP contribution in [0.25, 0.3) is 5.69 Å². The molecule has 110 valence electrons. The van der Waals surface area contributed by atoms with E-state index in [2.05, 4.69) is 15.4 Å². The van der Waals surface area contributed by atoms with E-state index < -0.39 is 6.10 Å². The number of benzene rings is 1. The van der Waals surface area contributed by atoms with Gasteiger partial charge in [0.15, 0.2) is 0 Å². The Balaban J connectivity index is 1.67.